The van der Waals surface area contributed by atoms with Crippen LogP contribution in [0, 0.1) is 0 Å². The van der Waals surface area contributed by atoms with Gasteiger partial charge >= 0.3 is 0 Å². The zero-order valence-corrected chi connectivity index (χ0v) is 30.2. The van der Waals surface area contributed by atoms with Gasteiger partial charge in [-0.25, -0.2) is 0 Å². The van der Waals surface area contributed by atoms with Crippen molar-refractivity contribution in [2.75, 3.05) is 4.90 Å². The lowest BCUT2D eigenvalue weighted by molar-refractivity contribution is 0.660. The van der Waals surface area contributed by atoms with E-state index in [1.54, 1.807) is 0 Å². The molecule has 54 heavy (non-hydrogen) atoms. The van der Waals surface area contributed by atoms with Crippen molar-refractivity contribution in [2.24, 2.45) is 0 Å². The summed E-state index contributed by atoms with van der Waals surface area (Å²) in [6.45, 7) is 4.73. The third-order valence-electron chi connectivity index (χ3n) is 11.7. The molecule has 0 saturated heterocycles. The Hall–Kier alpha value is -6.84. The van der Waals surface area contributed by atoms with Crippen molar-refractivity contribution in [1.82, 2.24) is 9.13 Å². The second-order valence-electron chi connectivity index (χ2n) is 15.0. The molecule has 10 aromatic rings. The van der Waals surface area contributed by atoms with Crippen molar-refractivity contribution in [1.29, 1.82) is 0 Å². The molecule has 0 amide bonds. The third-order valence-corrected chi connectivity index (χ3v) is 11.7. The van der Waals surface area contributed by atoms with Gasteiger partial charge in [-0.15, -0.1) is 0 Å². The van der Waals surface area contributed by atoms with Crippen LogP contribution in [0.25, 0.3) is 66.1 Å². The van der Waals surface area contributed by atoms with E-state index in [0.29, 0.717) is 0 Å². The van der Waals surface area contributed by atoms with Crippen molar-refractivity contribution in [3.63, 3.8) is 0 Å². The molecule has 0 N–H and O–H groups in total. The summed E-state index contributed by atoms with van der Waals surface area (Å²) in [7, 11) is 0. The number of aromatic nitrogens is 2. The van der Waals surface area contributed by atoms with E-state index >= 15 is 0 Å². The van der Waals surface area contributed by atoms with Crippen molar-refractivity contribution in [3.8, 4) is 22.5 Å². The van der Waals surface area contributed by atoms with E-state index in [1.807, 2.05) is 0 Å². The maximum Gasteiger partial charge on any atom is 0.0562 e. The van der Waals surface area contributed by atoms with Gasteiger partial charge < -0.3 is 14.0 Å². The maximum atomic E-state index is 2.50. The van der Waals surface area contributed by atoms with Crippen LogP contribution < -0.4 is 4.90 Å². The number of nitrogens with zero attached hydrogens (tertiary/aromatic N) is 3. The van der Waals surface area contributed by atoms with Gasteiger partial charge in [-0.2, -0.15) is 0 Å². The molecule has 2 aromatic heterocycles. The molecule has 3 nitrogen and oxygen atoms in total. The van der Waals surface area contributed by atoms with E-state index in [1.165, 1.54) is 65.9 Å². The SMILES string of the molecule is CC1(C)c2ccccc2-c2ccc(N(c3ccc4c(c3)c3ccccc3n4-c3ccccc3)c3cccc4c3c3ccccc3n4-c3ccccc3)cc21. The average molecular weight is 692 g/mol. The lowest BCUT2D eigenvalue weighted by atomic mass is 9.82. The van der Waals surface area contributed by atoms with Gasteiger partial charge in [0.15, 0.2) is 0 Å². The zero-order chi connectivity index (χ0) is 36.0. The predicted molar refractivity (Wildman–Crippen MR) is 227 cm³/mol. The van der Waals surface area contributed by atoms with Gasteiger partial charge in [-0.05, 0) is 101 Å². The van der Waals surface area contributed by atoms with Crippen LogP contribution in [0.4, 0.5) is 17.1 Å². The summed E-state index contributed by atoms with van der Waals surface area (Å²) < 4.78 is 4.80. The highest BCUT2D eigenvalue weighted by Gasteiger charge is 2.36. The molecule has 11 rings (SSSR count). The van der Waals surface area contributed by atoms with Crippen LogP contribution in [0.15, 0.2) is 188 Å². The minimum Gasteiger partial charge on any atom is -0.310 e. The van der Waals surface area contributed by atoms with E-state index in [0.717, 1.165) is 28.4 Å². The molecule has 256 valence electrons. The molecule has 2 heterocycles. The summed E-state index contributed by atoms with van der Waals surface area (Å²) in [6.07, 6.45) is 0. The molecular weight excluding hydrogens is 655 g/mol. The number of anilines is 3. The second-order valence-corrected chi connectivity index (χ2v) is 15.0. The summed E-state index contributed by atoms with van der Waals surface area (Å²) in [5.74, 6) is 0. The predicted octanol–water partition coefficient (Wildman–Crippen LogP) is 13.7. The highest BCUT2D eigenvalue weighted by Crippen LogP contribution is 2.52. The Morgan fingerprint density at radius 2 is 0.926 bits per heavy atom. The summed E-state index contributed by atoms with van der Waals surface area (Å²) in [5, 5.41) is 4.92. The molecule has 0 fully saturated rings. The van der Waals surface area contributed by atoms with Gasteiger partial charge in [-0.3, -0.25) is 0 Å². The van der Waals surface area contributed by atoms with Gasteiger partial charge in [0.1, 0.15) is 0 Å². The first-order chi connectivity index (χ1) is 26.6. The minimum absolute atomic E-state index is 0.129. The lowest BCUT2D eigenvalue weighted by Crippen LogP contribution is -2.16. The quantitative estimate of drug-likeness (QED) is 0.175. The molecule has 0 spiro atoms. The van der Waals surface area contributed by atoms with Crippen molar-refractivity contribution in [3.05, 3.63) is 199 Å². The fourth-order valence-electron chi connectivity index (χ4n) is 9.26. The summed E-state index contributed by atoms with van der Waals surface area (Å²) in [4.78, 5) is 2.50. The standard InChI is InChI=1S/C51H37N3/c1-51(2)43-23-12-9-20-38(43)39-30-28-37(33-44(39)51)52(36-29-31-47-42(32-36)40-21-10-13-24-45(40)53(47)34-16-5-3-6-17-34)48-26-15-27-49-50(48)41-22-11-14-25-46(41)54(49)35-18-7-4-8-19-35/h3-33H,1-2H3. The largest absolute Gasteiger partial charge is 0.310 e. The van der Waals surface area contributed by atoms with Crippen LogP contribution in [-0.2, 0) is 5.41 Å². The number of fused-ring (bicyclic) bond motifs is 9. The van der Waals surface area contributed by atoms with Crippen LogP contribution in [0.2, 0.25) is 0 Å². The highest BCUT2D eigenvalue weighted by molar-refractivity contribution is 6.17. The van der Waals surface area contributed by atoms with E-state index in [4.69, 9.17) is 0 Å². The number of hydrogen-bond acceptors (Lipinski definition) is 1. The fraction of sp³-hybridized carbons (Fsp3) is 0.0588. The first-order valence-electron chi connectivity index (χ1n) is 18.8. The Morgan fingerprint density at radius 3 is 1.69 bits per heavy atom. The minimum atomic E-state index is -0.129. The summed E-state index contributed by atoms with van der Waals surface area (Å²) in [6, 6.07) is 68.9. The van der Waals surface area contributed by atoms with Gasteiger partial charge in [-0.1, -0.05) is 123 Å². The highest BCUT2D eigenvalue weighted by atomic mass is 15.1. The normalized spacial score (nSPS) is 13.1. The molecule has 0 bridgehead atoms. The Bertz CT molecular complexity index is 3070. The Balaban J connectivity index is 1.22. The van der Waals surface area contributed by atoms with Gasteiger partial charge in [0.2, 0.25) is 0 Å². The van der Waals surface area contributed by atoms with Gasteiger partial charge in [0.25, 0.3) is 0 Å². The molecule has 0 radical (unpaired) electrons. The van der Waals surface area contributed by atoms with E-state index < -0.39 is 0 Å². The van der Waals surface area contributed by atoms with Crippen molar-refractivity contribution in [2.45, 2.75) is 19.3 Å². The lowest BCUT2D eigenvalue weighted by Gasteiger charge is -2.29. The van der Waals surface area contributed by atoms with Gasteiger partial charge in [0.05, 0.1) is 27.8 Å². The monoisotopic (exact) mass is 691 g/mol. The summed E-state index contributed by atoms with van der Waals surface area (Å²) >= 11 is 0. The number of para-hydroxylation sites is 4. The third kappa shape index (κ3) is 4.36. The Kier molecular flexibility index (Phi) is 6.60. The molecule has 0 atom stereocenters. The molecule has 0 unspecified atom stereocenters. The van der Waals surface area contributed by atoms with Crippen LogP contribution >= 0.6 is 0 Å². The van der Waals surface area contributed by atoms with Crippen LogP contribution in [0.3, 0.4) is 0 Å². The zero-order valence-electron chi connectivity index (χ0n) is 30.2. The van der Waals surface area contributed by atoms with E-state index in [2.05, 4.69) is 216 Å². The Labute approximate surface area is 314 Å². The molecule has 0 aliphatic heterocycles. The molecule has 1 aliphatic carbocycles. The molecule has 3 heteroatoms. The first-order valence-corrected chi connectivity index (χ1v) is 18.8. The topological polar surface area (TPSA) is 13.1 Å². The average Bonchev–Trinajstić information content (AvgIpc) is 3.82. The molecular formula is C51H37N3. The number of benzene rings is 8. The Morgan fingerprint density at radius 1 is 0.389 bits per heavy atom. The second kappa shape index (κ2) is 11.6. The van der Waals surface area contributed by atoms with E-state index in [9.17, 15) is 0 Å². The van der Waals surface area contributed by atoms with Crippen LogP contribution in [0.5, 0.6) is 0 Å². The first kappa shape index (κ1) is 30.8. The van der Waals surface area contributed by atoms with Crippen molar-refractivity contribution >= 4 is 60.7 Å². The number of rotatable bonds is 5. The smallest absolute Gasteiger partial charge is 0.0562 e. The van der Waals surface area contributed by atoms with Crippen molar-refractivity contribution < 1.29 is 0 Å². The maximum absolute atomic E-state index is 2.50. The molecule has 0 saturated carbocycles. The van der Waals surface area contributed by atoms with Crippen LogP contribution in [0.1, 0.15) is 25.0 Å². The van der Waals surface area contributed by atoms with Crippen LogP contribution in [-0.4, -0.2) is 9.13 Å². The fourth-order valence-corrected chi connectivity index (χ4v) is 9.26. The number of hydrogen-bond donors (Lipinski definition) is 0. The van der Waals surface area contributed by atoms with E-state index in [-0.39, 0.29) is 5.41 Å². The van der Waals surface area contributed by atoms with Gasteiger partial charge in [0, 0.05) is 49.7 Å². The molecule has 1 aliphatic rings. The summed E-state index contributed by atoms with van der Waals surface area (Å²) in [5.41, 5.74) is 15.7. The molecule has 8 aromatic carbocycles.